The smallest absolute Gasteiger partial charge is 0.128 e. The summed E-state index contributed by atoms with van der Waals surface area (Å²) in [4.78, 5) is 4.67. The quantitative estimate of drug-likeness (QED) is 0.623. The molecule has 0 saturated heterocycles. The minimum Gasteiger partial charge on any atom is -0.322 e. The van der Waals surface area contributed by atoms with E-state index in [1.54, 1.807) is 0 Å². The van der Waals surface area contributed by atoms with Crippen molar-refractivity contribution in [2.24, 2.45) is 0 Å². The van der Waals surface area contributed by atoms with Gasteiger partial charge in [0.2, 0.25) is 0 Å². The highest BCUT2D eigenvalue weighted by Gasteiger charge is 2.14. The molecule has 0 aliphatic rings. The molecule has 0 fully saturated rings. The van der Waals surface area contributed by atoms with Gasteiger partial charge in [0, 0.05) is 6.54 Å². The number of imidazole rings is 1. The fourth-order valence-electron chi connectivity index (χ4n) is 2.63. The summed E-state index contributed by atoms with van der Waals surface area (Å²) in [7, 11) is 0. The predicted octanol–water partition coefficient (Wildman–Crippen LogP) is 4.95. The number of aromatic nitrogens is 2. The first kappa shape index (κ1) is 14.2. The zero-order valence-corrected chi connectivity index (χ0v) is 13.1. The van der Waals surface area contributed by atoms with E-state index in [0.717, 1.165) is 29.8 Å². The first-order chi connectivity index (χ1) is 10.2. The van der Waals surface area contributed by atoms with E-state index in [-0.39, 0.29) is 5.38 Å². The van der Waals surface area contributed by atoms with E-state index in [4.69, 9.17) is 11.6 Å². The van der Waals surface area contributed by atoms with Crippen LogP contribution in [-0.4, -0.2) is 9.55 Å². The highest BCUT2D eigenvalue weighted by molar-refractivity contribution is 6.20. The lowest BCUT2D eigenvalue weighted by Gasteiger charge is -2.11. The Hall–Kier alpha value is -1.80. The summed E-state index contributed by atoms with van der Waals surface area (Å²) in [5.74, 6) is 0.928. The molecule has 0 spiro atoms. The number of fused-ring (bicyclic) bond motifs is 1. The van der Waals surface area contributed by atoms with E-state index >= 15 is 0 Å². The van der Waals surface area contributed by atoms with Crippen molar-refractivity contribution < 1.29 is 0 Å². The molecule has 0 N–H and O–H groups in total. The summed E-state index contributed by atoms with van der Waals surface area (Å²) in [6, 6.07) is 17.0. The lowest BCUT2D eigenvalue weighted by atomic mass is 10.1. The van der Waals surface area contributed by atoms with Crippen LogP contribution in [0.1, 0.15) is 36.2 Å². The second kappa shape index (κ2) is 5.90. The minimum absolute atomic E-state index is 0.104. The molecule has 1 atom stereocenters. The highest BCUT2D eigenvalue weighted by atomic mass is 35.5. The first-order valence-electron chi connectivity index (χ1n) is 7.36. The van der Waals surface area contributed by atoms with Gasteiger partial charge in [0.15, 0.2) is 0 Å². The minimum atomic E-state index is -0.104. The molecule has 2 aromatic carbocycles. The van der Waals surface area contributed by atoms with Crippen molar-refractivity contribution in [2.45, 2.75) is 32.2 Å². The molecule has 0 bridgehead atoms. The van der Waals surface area contributed by atoms with Gasteiger partial charge in [0.25, 0.3) is 0 Å². The van der Waals surface area contributed by atoms with Crippen molar-refractivity contribution in [3.05, 3.63) is 65.5 Å². The van der Waals surface area contributed by atoms with Crippen molar-refractivity contribution in [1.29, 1.82) is 0 Å². The van der Waals surface area contributed by atoms with Gasteiger partial charge in [-0.3, -0.25) is 0 Å². The summed E-state index contributed by atoms with van der Waals surface area (Å²) in [6.07, 6.45) is 1.07. The van der Waals surface area contributed by atoms with Crippen molar-refractivity contribution >= 4 is 22.6 Å². The van der Waals surface area contributed by atoms with Gasteiger partial charge >= 0.3 is 0 Å². The van der Waals surface area contributed by atoms with Crippen LogP contribution in [0.3, 0.4) is 0 Å². The van der Waals surface area contributed by atoms with E-state index in [9.17, 15) is 0 Å². The van der Waals surface area contributed by atoms with Crippen LogP contribution in [0.5, 0.6) is 0 Å². The molecule has 2 nitrogen and oxygen atoms in total. The third kappa shape index (κ3) is 2.81. The molecule has 1 unspecified atom stereocenters. The molecule has 3 rings (SSSR count). The molecule has 1 aromatic heterocycles. The average molecular weight is 299 g/mol. The summed E-state index contributed by atoms with van der Waals surface area (Å²) in [6.45, 7) is 4.95. The third-order valence-corrected chi connectivity index (χ3v) is 4.01. The molecule has 0 radical (unpaired) electrons. The molecule has 3 aromatic rings. The molecule has 0 aliphatic carbocycles. The second-order valence-electron chi connectivity index (χ2n) is 5.33. The number of alkyl halides is 1. The molecular formula is C18H19ClN2. The van der Waals surface area contributed by atoms with Crippen LogP contribution in [0.2, 0.25) is 0 Å². The van der Waals surface area contributed by atoms with Crippen LogP contribution < -0.4 is 0 Å². The van der Waals surface area contributed by atoms with Gasteiger partial charge in [-0.2, -0.15) is 0 Å². The third-order valence-electron chi connectivity index (χ3n) is 3.81. The van der Waals surface area contributed by atoms with Gasteiger partial charge in [-0.15, -0.1) is 11.6 Å². The van der Waals surface area contributed by atoms with E-state index in [1.807, 2.05) is 25.1 Å². The van der Waals surface area contributed by atoms with Gasteiger partial charge in [-0.05, 0) is 36.6 Å². The number of para-hydroxylation sites is 2. The van der Waals surface area contributed by atoms with Crippen molar-refractivity contribution in [3.8, 4) is 0 Å². The van der Waals surface area contributed by atoms with E-state index in [0.29, 0.717) is 0 Å². The highest BCUT2D eigenvalue weighted by Crippen LogP contribution is 2.25. The maximum atomic E-state index is 6.31. The average Bonchev–Trinajstić information content (AvgIpc) is 2.87. The Balaban J connectivity index is 2.03. The lowest BCUT2D eigenvalue weighted by molar-refractivity contribution is 0.742. The summed E-state index contributed by atoms with van der Waals surface area (Å²) < 4.78 is 2.22. The molecule has 0 amide bonds. The zero-order chi connectivity index (χ0) is 14.8. The van der Waals surface area contributed by atoms with E-state index in [1.165, 1.54) is 11.1 Å². The Labute approximate surface area is 130 Å². The number of aryl methyl sites for hydroxylation is 1. The standard InChI is InChI=1S/C18H19ClN2/c1-3-14-8-10-15(11-9-14)12-21-17-7-5-4-6-16(17)20-18(21)13(2)19/h4-11,13H,3,12H2,1-2H3. The van der Waals surface area contributed by atoms with E-state index in [2.05, 4.69) is 46.8 Å². The molecule has 0 saturated carbocycles. The maximum Gasteiger partial charge on any atom is 0.128 e. The fraction of sp³-hybridized carbons (Fsp3) is 0.278. The summed E-state index contributed by atoms with van der Waals surface area (Å²) >= 11 is 6.31. The fourth-order valence-corrected chi connectivity index (χ4v) is 2.79. The van der Waals surface area contributed by atoms with Gasteiger partial charge in [-0.25, -0.2) is 4.98 Å². The number of rotatable bonds is 4. The van der Waals surface area contributed by atoms with Gasteiger partial charge in [0.1, 0.15) is 5.82 Å². The van der Waals surface area contributed by atoms with Gasteiger partial charge in [0.05, 0.1) is 16.4 Å². The van der Waals surface area contributed by atoms with Gasteiger partial charge < -0.3 is 4.57 Å². The Bertz CT molecular complexity index is 742. The van der Waals surface area contributed by atoms with Crippen LogP contribution in [0.25, 0.3) is 11.0 Å². The number of benzene rings is 2. The molecule has 3 heteroatoms. The van der Waals surface area contributed by atoms with Crippen LogP contribution in [-0.2, 0) is 13.0 Å². The van der Waals surface area contributed by atoms with Crippen LogP contribution in [0.4, 0.5) is 0 Å². The molecular weight excluding hydrogens is 280 g/mol. The Morgan fingerprint density at radius 2 is 1.71 bits per heavy atom. The normalized spacial score (nSPS) is 12.7. The topological polar surface area (TPSA) is 17.8 Å². The largest absolute Gasteiger partial charge is 0.322 e. The Morgan fingerprint density at radius 1 is 1.05 bits per heavy atom. The van der Waals surface area contributed by atoms with Gasteiger partial charge in [-0.1, -0.05) is 43.3 Å². The zero-order valence-electron chi connectivity index (χ0n) is 12.4. The first-order valence-corrected chi connectivity index (χ1v) is 7.79. The van der Waals surface area contributed by atoms with Crippen molar-refractivity contribution in [2.75, 3.05) is 0 Å². The molecule has 21 heavy (non-hydrogen) atoms. The second-order valence-corrected chi connectivity index (χ2v) is 5.99. The molecule has 1 heterocycles. The van der Waals surface area contributed by atoms with Crippen LogP contribution in [0, 0.1) is 0 Å². The number of hydrogen-bond acceptors (Lipinski definition) is 1. The SMILES string of the molecule is CCc1ccc(Cn2c(C(C)Cl)nc3ccccc32)cc1. The number of nitrogens with zero attached hydrogens (tertiary/aromatic N) is 2. The molecule has 108 valence electrons. The van der Waals surface area contributed by atoms with Crippen molar-refractivity contribution in [1.82, 2.24) is 9.55 Å². The predicted molar refractivity (Wildman–Crippen MR) is 88.9 cm³/mol. The van der Waals surface area contributed by atoms with E-state index < -0.39 is 0 Å². The molecule has 0 aliphatic heterocycles. The lowest BCUT2D eigenvalue weighted by Crippen LogP contribution is -2.05. The maximum absolute atomic E-state index is 6.31. The monoisotopic (exact) mass is 298 g/mol. The Morgan fingerprint density at radius 3 is 2.38 bits per heavy atom. The van der Waals surface area contributed by atoms with Crippen LogP contribution >= 0.6 is 11.6 Å². The summed E-state index contributed by atoms with van der Waals surface area (Å²) in [5.41, 5.74) is 4.78. The Kier molecular flexibility index (Phi) is 3.98. The summed E-state index contributed by atoms with van der Waals surface area (Å²) in [5, 5.41) is -0.104. The van der Waals surface area contributed by atoms with Crippen molar-refractivity contribution in [3.63, 3.8) is 0 Å². The number of hydrogen-bond donors (Lipinski definition) is 0. The van der Waals surface area contributed by atoms with Crippen LogP contribution in [0.15, 0.2) is 48.5 Å². The number of halogens is 1.